The molecule has 24 heavy (non-hydrogen) atoms. The zero-order valence-electron chi connectivity index (χ0n) is 15.0. The lowest BCUT2D eigenvalue weighted by Crippen LogP contribution is -2.43. The van der Waals surface area contributed by atoms with Gasteiger partial charge in [0.15, 0.2) is 0 Å². The molecule has 1 fully saturated rings. The molecule has 1 atom stereocenters. The molecule has 1 saturated heterocycles. The van der Waals surface area contributed by atoms with Gasteiger partial charge in [-0.25, -0.2) is 0 Å². The largest absolute Gasteiger partial charge is 0.349 e. The number of amides is 2. The van der Waals surface area contributed by atoms with E-state index in [1.165, 1.54) is 18.4 Å². The lowest BCUT2D eigenvalue weighted by atomic mass is 9.94. The molecule has 0 saturated carbocycles. The van der Waals surface area contributed by atoms with Crippen molar-refractivity contribution in [1.29, 1.82) is 0 Å². The van der Waals surface area contributed by atoms with E-state index in [0.29, 0.717) is 13.1 Å². The fourth-order valence-electron chi connectivity index (χ4n) is 3.35. The fourth-order valence-corrected chi connectivity index (χ4v) is 3.35. The van der Waals surface area contributed by atoms with Gasteiger partial charge >= 0.3 is 0 Å². The minimum atomic E-state index is 0.0259. The predicted molar refractivity (Wildman–Crippen MR) is 96.4 cm³/mol. The molecule has 2 rings (SSSR count). The number of carbonyl (C=O) groups excluding carboxylic acids is 2. The molecule has 0 bridgehead atoms. The number of hydrogen-bond donors (Lipinski definition) is 1. The van der Waals surface area contributed by atoms with Crippen molar-refractivity contribution < 1.29 is 9.59 Å². The number of rotatable bonds is 7. The molecule has 0 radical (unpaired) electrons. The molecular formula is C20H30N2O2. The summed E-state index contributed by atoms with van der Waals surface area (Å²) in [6.45, 7) is 5.18. The Labute approximate surface area is 145 Å². The third kappa shape index (κ3) is 5.36. The SMILES string of the molecule is CCCCCC(NC(=O)C1CCN(C(C)=O)CC1)c1ccccc1. The Kier molecular flexibility index (Phi) is 7.29. The number of carbonyl (C=O) groups is 2. The summed E-state index contributed by atoms with van der Waals surface area (Å²) < 4.78 is 0. The number of piperidine rings is 1. The molecule has 1 aliphatic rings. The molecule has 1 aromatic carbocycles. The molecule has 2 amide bonds. The first-order chi connectivity index (χ1) is 11.6. The van der Waals surface area contributed by atoms with E-state index in [2.05, 4.69) is 24.4 Å². The molecule has 1 N–H and O–H groups in total. The van der Waals surface area contributed by atoms with Crippen LogP contribution in [0.3, 0.4) is 0 Å². The molecule has 132 valence electrons. The van der Waals surface area contributed by atoms with Crippen molar-refractivity contribution in [1.82, 2.24) is 10.2 Å². The fraction of sp³-hybridized carbons (Fsp3) is 0.600. The van der Waals surface area contributed by atoms with Gasteiger partial charge in [-0.3, -0.25) is 9.59 Å². The van der Waals surface area contributed by atoms with Gasteiger partial charge in [0, 0.05) is 25.9 Å². The second-order valence-corrected chi connectivity index (χ2v) is 6.75. The van der Waals surface area contributed by atoms with Gasteiger partial charge in [0.05, 0.1) is 6.04 Å². The lowest BCUT2D eigenvalue weighted by molar-refractivity contribution is -0.134. The van der Waals surface area contributed by atoms with Gasteiger partial charge in [-0.1, -0.05) is 56.5 Å². The van der Waals surface area contributed by atoms with E-state index in [4.69, 9.17) is 0 Å². The molecule has 4 nitrogen and oxygen atoms in total. The summed E-state index contributed by atoms with van der Waals surface area (Å²) in [6, 6.07) is 10.3. The maximum Gasteiger partial charge on any atom is 0.223 e. The van der Waals surface area contributed by atoms with Gasteiger partial charge in [-0.05, 0) is 24.8 Å². The summed E-state index contributed by atoms with van der Waals surface area (Å²) >= 11 is 0. The number of benzene rings is 1. The summed E-state index contributed by atoms with van der Waals surface area (Å²) in [4.78, 5) is 25.9. The average Bonchev–Trinajstić information content (AvgIpc) is 2.61. The Morgan fingerprint density at radius 2 is 1.83 bits per heavy atom. The lowest BCUT2D eigenvalue weighted by Gasteiger charge is -2.31. The van der Waals surface area contributed by atoms with Gasteiger partial charge in [0.2, 0.25) is 11.8 Å². The molecule has 0 aromatic heterocycles. The molecule has 4 heteroatoms. The van der Waals surface area contributed by atoms with Crippen LogP contribution >= 0.6 is 0 Å². The summed E-state index contributed by atoms with van der Waals surface area (Å²) in [7, 11) is 0. The van der Waals surface area contributed by atoms with Crippen molar-refractivity contribution in [3.63, 3.8) is 0 Å². The van der Waals surface area contributed by atoms with E-state index >= 15 is 0 Å². The summed E-state index contributed by atoms with van der Waals surface area (Å²) in [5, 5.41) is 3.26. The highest BCUT2D eigenvalue weighted by atomic mass is 16.2. The van der Waals surface area contributed by atoms with Crippen molar-refractivity contribution in [2.75, 3.05) is 13.1 Å². The summed E-state index contributed by atoms with van der Waals surface area (Å²) in [6.07, 6.45) is 6.01. The van der Waals surface area contributed by atoms with E-state index in [0.717, 1.165) is 25.7 Å². The third-order valence-corrected chi connectivity index (χ3v) is 4.93. The summed E-state index contributed by atoms with van der Waals surface area (Å²) in [5.74, 6) is 0.275. The molecule has 1 unspecified atom stereocenters. The molecule has 1 aliphatic heterocycles. The van der Waals surface area contributed by atoms with Crippen molar-refractivity contribution >= 4 is 11.8 Å². The van der Waals surface area contributed by atoms with Crippen molar-refractivity contribution in [2.45, 2.75) is 58.4 Å². The highest BCUT2D eigenvalue weighted by Gasteiger charge is 2.27. The first-order valence-electron chi connectivity index (χ1n) is 9.22. The van der Waals surface area contributed by atoms with Crippen LogP contribution in [0.4, 0.5) is 0 Å². The van der Waals surface area contributed by atoms with Crippen molar-refractivity contribution in [3.05, 3.63) is 35.9 Å². The quantitative estimate of drug-likeness (QED) is 0.775. The van der Waals surface area contributed by atoms with Gasteiger partial charge in [0.25, 0.3) is 0 Å². The number of nitrogens with one attached hydrogen (secondary N) is 1. The van der Waals surface area contributed by atoms with Gasteiger partial charge in [-0.15, -0.1) is 0 Å². The van der Waals surface area contributed by atoms with E-state index in [1.54, 1.807) is 6.92 Å². The number of hydrogen-bond acceptors (Lipinski definition) is 2. The van der Waals surface area contributed by atoms with Crippen molar-refractivity contribution in [3.8, 4) is 0 Å². The maximum absolute atomic E-state index is 12.7. The second-order valence-electron chi connectivity index (χ2n) is 6.75. The molecular weight excluding hydrogens is 300 g/mol. The second kappa shape index (κ2) is 9.45. The highest BCUT2D eigenvalue weighted by molar-refractivity contribution is 5.80. The Bertz CT molecular complexity index is 522. The van der Waals surface area contributed by atoms with Crippen LogP contribution in [0.5, 0.6) is 0 Å². The first kappa shape index (κ1) is 18.5. The number of likely N-dealkylation sites (tertiary alicyclic amines) is 1. The van der Waals surface area contributed by atoms with Crippen LogP contribution in [-0.4, -0.2) is 29.8 Å². The van der Waals surface area contributed by atoms with Gasteiger partial charge < -0.3 is 10.2 Å². The smallest absolute Gasteiger partial charge is 0.223 e. The zero-order chi connectivity index (χ0) is 17.4. The van der Waals surface area contributed by atoms with E-state index in [9.17, 15) is 9.59 Å². The maximum atomic E-state index is 12.7. The Morgan fingerprint density at radius 1 is 1.17 bits per heavy atom. The molecule has 0 aliphatic carbocycles. The first-order valence-corrected chi connectivity index (χ1v) is 9.22. The van der Waals surface area contributed by atoms with Crippen LogP contribution in [-0.2, 0) is 9.59 Å². The van der Waals surface area contributed by atoms with Crippen LogP contribution in [0, 0.1) is 5.92 Å². The zero-order valence-corrected chi connectivity index (χ0v) is 15.0. The van der Waals surface area contributed by atoms with Crippen LogP contribution in [0.1, 0.15) is 64.0 Å². The predicted octanol–water partition coefficient (Wildman–Crippen LogP) is 3.68. The van der Waals surface area contributed by atoms with E-state index in [-0.39, 0.29) is 23.8 Å². The van der Waals surface area contributed by atoms with Crippen LogP contribution in [0.15, 0.2) is 30.3 Å². The summed E-state index contributed by atoms with van der Waals surface area (Å²) in [5.41, 5.74) is 1.18. The Hall–Kier alpha value is -1.84. The van der Waals surface area contributed by atoms with Gasteiger partial charge in [0.1, 0.15) is 0 Å². The minimum Gasteiger partial charge on any atom is -0.349 e. The Balaban J connectivity index is 1.93. The third-order valence-electron chi connectivity index (χ3n) is 4.93. The van der Waals surface area contributed by atoms with Gasteiger partial charge in [-0.2, -0.15) is 0 Å². The average molecular weight is 330 g/mol. The monoisotopic (exact) mass is 330 g/mol. The van der Waals surface area contributed by atoms with Crippen LogP contribution < -0.4 is 5.32 Å². The number of nitrogens with zero attached hydrogens (tertiary/aromatic N) is 1. The normalized spacial score (nSPS) is 16.7. The molecule has 1 aromatic rings. The topological polar surface area (TPSA) is 49.4 Å². The highest BCUT2D eigenvalue weighted by Crippen LogP contribution is 2.23. The minimum absolute atomic E-state index is 0.0259. The number of unbranched alkanes of at least 4 members (excludes halogenated alkanes) is 2. The van der Waals surface area contributed by atoms with Crippen LogP contribution in [0.25, 0.3) is 0 Å². The molecule has 0 spiro atoms. The Morgan fingerprint density at radius 3 is 2.42 bits per heavy atom. The van der Waals surface area contributed by atoms with E-state index in [1.807, 2.05) is 23.1 Å². The standard InChI is InChI=1S/C20H30N2O2/c1-3-4-6-11-19(17-9-7-5-8-10-17)21-20(24)18-12-14-22(15-13-18)16(2)23/h5,7-10,18-19H,3-4,6,11-15H2,1-2H3,(H,21,24). The molecule has 1 heterocycles. The van der Waals surface area contributed by atoms with Crippen LogP contribution in [0.2, 0.25) is 0 Å². The van der Waals surface area contributed by atoms with Crippen molar-refractivity contribution in [2.24, 2.45) is 5.92 Å². The van der Waals surface area contributed by atoms with E-state index < -0.39 is 0 Å².